The van der Waals surface area contributed by atoms with Crippen molar-refractivity contribution in [1.82, 2.24) is 4.57 Å². The maximum Gasteiger partial charge on any atom is 0.355 e. The number of aryl methyl sites for hydroxylation is 1. The molecule has 0 bridgehead atoms. The number of hydrogen-bond donors (Lipinski definition) is 0. The third kappa shape index (κ3) is 3.21. The van der Waals surface area contributed by atoms with Crippen LogP contribution in [0.3, 0.4) is 0 Å². The van der Waals surface area contributed by atoms with Crippen LogP contribution < -0.4 is 0 Å². The number of carbonyl (C=O) groups excluding carboxylic acids is 1. The van der Waals surface area contributed by atoms with Crippen molar-refractivity contribution in [1.29, 1.82) is 0 Å². The number of aromatic nitrogens is 1. The highest BCUT2D eigenvalue weighted by Gasteiger charge is 2.22. The molecule has 2 rings (SSSR count). The summed E-state index contributed by atoms with van der Waals surface area (Å²) in [7, 11) is 0. The molecule has 1 aromatic carbocycles. The van der Waals surface area contributed by atoms with Gasteiger partial charge in [0.15, 0.2) is 0 Å². The fourth-order valence-corrected chi connectivity index (χ4v) is 2.27. The molecular weight excluding hydrogens is 250 g/mol. The van der Waals surface area contributed by atoms with Crippen molar-refractivity contribution in [3.63, 3.8) is 0 Å². The fourth-order valence-electron chi connectivity index (χ4n) is 2.27. The van der Waals surface area contributed by atoms with E-state index in [9.17, 15) is 4.79 Å². The Morgan fingerprint density at radius 3 is 2.60 bits per heavy atom. The molecule has 0 aliphatic rings. The number of ether oxygens (including phenoxy) is 1. The first kappa shape index (κ1) is 14.6. The Kier molecular flexibility index (Phi) is 4.17. The number of hydrogen-bond acceptors (Lipinski definition) is 2. The second-order valence-electron chi connectivity index (χ2n) is 6.10. The molecule has 3 heteroatoms. The molecule has 0 atom stereocenters. The van der Waals surface area contributed by atoms with Crippen LogP contribution in [0.25, 0.3) is 10.9 Å². The fraction of sp³-hybridized carbons (Fsp3) is 0.471. The lowest BCUT2D eigenvalue weighted by atomic mass is 10.2. The van der Waals surface area contributed by atoms with E-state index in [2.05, 4.69) is 17.6 Å². The molecule has 1 heterocycles. The first-order valence-electron chi connectivity index (χ1n) is 7.24. The van der Waals surface area contributed by atoms with Gasteiger partial charge in [0.1, 0.15) is 11.3 Å². The molecule has 0 aliphatic heterocycles. The predicted octanol–water partition coefficient (Wildman–Crippen LogP) is 4.40. The SMILES string of the molecule is CCCCn1c(C(=O)OC(C)(C)C)cc2ccccc21. The van der Waals surface area contributed by atoms with Gasteiger partial charge in [0.05, 0.1) is 0 Å². The van der Waals surface area contributed by atoms with Gasteiger partial charge >= 0.3 is 5.97 Å². The zero-order chi connectivity index (χ0) is 14.8. The number of carbonyl (C=O) groups is 1. The van der Waals surface area contributed by atoms with Gasteiger partial charge in [-0.15, -0.1) is 0 Å². The van der Waals surface area contributed by atoms with E-state index < -0.39 is 5.60 Å². The zero-order valence-corrected chi connectivity index (χ0v) is 12.8. The highest BCUT2D eigenvalue weighted by molar-refractivity contribution is 5.95. The smallest absolute Gasteiger partial charge is 0.355 e. The van der Waals surface area contributed by atoms with Crippen molar-refractivity contribution in [2.45, 2.75) is 52.7 Å². The standard InChI is InChI=1S/C17H23NO2/c1-5-6-11-18-14-10-8-7-9-13(14)12-15(18)16(19)20-17(2,3)4/h7-10,12H,5-6,11H2,1-4H3. The summed E-state index contributed by atoms with van der Waals surface area (Å²) in [4.78, 5) is 12.4. The Labute approximate surface area is 120 Å². The van der Waals surface area contributed by atoms with Gasteiger partial charge in [-0.2, -0.15) is 0 Å². The van der Waals surface area contributed by atoms with E-state index in [-0.39, 0.29) is 5.97 Å². The van der Waals surface area contributed by atoms with Crippen LogP contribution in [-0.2, 0) is 11.3 Å². The van der Waals surface area contributed by atoms with E-state index in [0.717, 1.165) is 30.3 Å². The molecule has 0 fully saturated rings. The Morgan fingerprint density at radius 1 is 1.25 bits per heavy atom. The van der Waals surface area contributed by atoms with E-state index in [0.29, 0.717) is 5.69 Å². The lowest BCUT2D eigenvalue weighted by Gasteiger charge is -2.20. The molecule has 0 unspecified atom stereocenters. The number of rotatable bonds is 4. The van der Waals surface area contributed by atoms with Crippen molar-refractivity contribution in [2.75, 3.05) is 0 Å². The van der Waals surface area contributed by atoms with Crippen LogP contribution in [0.15, 0.2) is 30.3 Å². The van der Waals surface area contributed by atoms with Gasteiger partial charge in [0, 0.05) is 17.4 Å². The molecule has 1 aromatic heterocycles. The average molecular weight is 273 g/mol. The number of esters is 1. The maximum atomic E-state index is 12.4. The molecule has 0 spiro atoms. The van der Waals surface area contributed by atoms with Gasteiger partial charge in [0.2, 0.25) is 0 Å². The number of benzene rings is 1. The van der Waals surface area contributed by atoms with Crippen LogP contribution in [0, 0.1) is 0 Å². The second-order valence-corrected chi connectivity index (χ2v) is 6.10. The van der Waals surface area contributed by atoms with Crippen molar-refractivity contribution in [3.05, 3.63) is 36.0 Å². The number of unbranched alkanes of at least 4 members (excludes halogenated alkanes) is 1. The molecular formula is C17H23NO2. The highest BCUT2D eigenvalue weighted by Crippen LogP contribution is 2.22. The summed E-state index contributed by atoms with van der Waals surface area (Å²) in [5.74, 6) is -0.246. The third-order valence-corrected chi connectivity index (χ3v) is 3.15. The summed E-state index contributed by atoms with van der Waals surface area (Å²) in [6, 6.07) is 10.0. The van der Waals surface area contributed by atoms with E-state index in [1.807, 2.05) is 45.0 Å². The van der Waals surface area contributed by atoms with Crippen molar-refractivity contribution < 1.29 is 9.53 Å². The Bertz CT molecular complexity index is 605. The first-order valence-corrected chi connectivity index (χ1v) is 7.24. The quantitative estimate of drug-likeness (QED) is 0.773. The van der Waals surface area contributed by atoms with E-state index >= 15 is 0 Å². The number of para-hydroxylation sites is 1. The minimum atomic E-state index is -0.469. The normalized spacial score (nSPS) is 11.8. The van der Waals surface area contributed by atoms with Crippen LogP contribution >= 0.6 is 0 Å². The minimum Gasteiger partial charge on any atom is -0.455 e. The minimum absolute atomic E-state index is 0.246. The first-order chi connectivity index (χ1) is 9.42. The van der Waals surface area contributed by atoms with E-state index in [1.54, 1.807) is 0 Å². The lowest BCUT2D eigenvalue weighted by Crippen LogP contribution is -2.25. The van der Waals surface area contributed by atoms with Crippen LogP contribution in [0.4, 0.5) is 0 Å². The zero-order valence-electron chi connectivity index (χ0n) is 12.8. The Morgan fingerprint density at radius 2 is 1.95 bits per heavy atom. The largest absolute Gasteiger partial charge is 0.455 e. The predicted molar refractivity (Wildman–Crippen MR) is 82.0 cm³/mol. The number of nitrogens with zero attached hydrogens (tertiary/aromatic N) is 1. The third-order valence-electron chi connectivity index (χ3n) is 3.15. The van der Waals surface area contributed by atoms with Gasteiger partial charge in [0.25, 0.3) is 0 Å². The summed E-state index contributed by atoms with van der Waals surface area (Å²) < 4.78 is 7.59. The molecule has 0 aliphatic carbocycles. The second kappa shape index (κ2) is 5.70. The van der Waals surface area contributed by atoms with Crippen molar-refractivity contribution >= 4 is 16.9 Å². The lowest BCUT2D eigenvalue weighted by molar-refractivity contribution is 0.00581. The molecule has 0 saturated carbocycles. The monoisotopic (exact) mass is 273 g/mol. The summed E-state index contributed by atoms with van der Waals surface area (Å²) in [6.45, 7) is 8.68. The molecule has 0 amide bonds. The van der Waals surface area contributed by atoms with Gasteiger partial charge in [-0.1, -0.05) is 31.5 Å². The molecule has 2 aromatic rings. The summed E-state index contributed by atoms with van der Waals surface area (Å²) in [5.41, 5.74) is 1.28. The molecule has 108 valence electrons. The molecule has 20 heavy (non-hydrogen) atoms. The Hall–Kier alpha value is -1.77. The molecule has 0 radical (unpaired) electrons. The van der Waals surface area contributed by atoms with Gasteiger partial charge in [-0.05, 0) is 39.3 Å². The topological polar surface area (TPSA) is 31.2 Å². The summed E-state index contributed by atoms with van der Waals surface area (Å²) in [6.07, 6.45) is 2.15. The van der Waals surface area contributed by atoms with E-state index in [1.165, 1.54) is 0 Å². The summed E-state index contributed by atoms with van der Waals surface area (Å²) in [5, 5.41) is 1.09. The Balaban J connectivity index is 2.43. The van der Waals surface area contributed by atoms with Gasteiger partial charge in [-0.25, -0.2) is 4.79 Å². The van der Waals surface area contributed by atoms with Crippen molar-refractivity contribution in [3.8, 4) is 0 Å². The summed E-state index contributed by atoms with van der Waals surface area (Å²) >= 11 is 0. The van der Waals surface area contributed by atoms with Crippen LogP contribution in [0.2, 0.25) is 0 Å². The van der Waals surface area contributed by atoms with Crippen LogP contribution in [-0.4, -0.2) is 16.1 Å². The molecule has 3 nitrogen and oxygen atoms in total. The average Bonchev–Trinajstić information content (AvgIpc) is 2.73. The van der Waals surface area contributed by atoms with Gasteiger partial charge < -0.3 is 9.30 Å². The number of fused-ring (bicyclic) bond motifs is 1. The molecule has 0 saturated heterocycles. The van der Waals surface area contributed by atoms with Crippen molar-refractivity contribution in [2.24, 2.45) is 0 Å². The maximum absolute atomic E-state index is 12.4. The highest BCUT2D eigenvalue weighted by atomic mass is 16.6. The van der Waals surface area contributed by atoms with E-state index in [4.69, 9.17) is 4.74 Å². The van der Waals surface area contributed by atoms with Crippen LogP contribution in [0.5, 0.6) is 0 Å². The van der Waals surface area contributed by atoms with Gasteiger partial charge in [-0.3, -0.25) is 0 Å². The van der Waals surface area contributed by atoms with Crippen LogP contribution in [0.1, 0.15) is 51.0 Å². The molecule has 0 N–H and O–H groups in total.